The zero-order valence-corrected chi connectivity index (χ0v) is 14.1. The molecule has 114 valence electrons. The summed E-state index contributed by atoms with van der Waals surface area (Å²) in [4.78, 5) is 4.75. The molecule has 0 aliphatic heterocycles. The SMILES string of the molecule is Cc1ccc(CC(Cc2nc(C(C)(C)C)cs2)NN)cc1. The van der Waals surface area contributed by atoms with Gasteiger partial charge in [-0.25, -0.2) is 4.98 Å². The predicted molar refractivity (Wildman–Crippen MR) is 90.5 cm³/mol. The van der Waals surface area contributed by atoms with E-state index in [9.17, 15) is 0 Å². The van der Waals surface area contributed by atoms with Gasteiger partial charge in [0.25, 0.3) is 0 Å². The molecule has 21 heavy (non-hydrogen) atoms. The number of hydrogen-bond acceptors (Lipinski definition) is 4. The van der Waals surface area contributed by atoms with Gasteiger partial charge in [-0.15, -0.1) is 11.3 Å². The Balaban J connectivity index is 2.02. The minimum atomic E-state index is 0.108. The van der Waals surface area contributed by atoms with Crippen LogP contribution in [0.5, 0.6) is 0 Å². The number of hydrogen-bond donors (Lipinski definition) is 2. The lowest BCUT2D eigenvalue weighted by Gasteiger charge is -2.16. The second-order valence-electron chi connectivity index (χ2n) is 6.63. The molecule has 4 heteroatoms. The van der Waals surface area contributed by atoms with E-state index in [2.05, 4.69) is 62.8 Å². The fourth-order valence-electron chi connectivity index (χ4n) is 2.16. The summed E-state index contributed by atoms with van der Waals surface area (Å²) in [5, 5.41) is 3.31. The van der Waals surface area contributed by atoms with Gasteiger partial charge in [-0.05, 0) is 18.9 Å². The van der Waals surface area contributed by atoms with E-state index in [0.717, 1.165) is 23.5 Å². The third-order valence-electron chi connectivity index (χ3n) is 3.58. The van der Waals surface area contributed by atoms with Crippen molar-refractivity contribution < 1.29 is 0 Å². The maximum Gasteiger partial charge on any atom is 0.0944 e. The molecule has 2 rings (SSSR count). The van der Waals surface area contributed by atoms with E-state index >= 15 is 0 Å². The Morgan fingerprint density at radius 3 is 2.38 bits per heavy atom. The van der Waals surface area contributed by atoms with Crippen molar-refractivity contribution in [1.82, 2.24) is 10.4 Å². The van der Waals surface area contributed by atoms with Crippen molar-refractivity contribution in [3.05, 3.63) is 51.5 Å². The average molecular weight is 303 g/mol. The van der Waals surface area contributed by atoms with Crippen LogP contribution in [0.15, 0.2) is 29.6 Å². The van der Waals surface area contributed by atoms with Crippen molar-refractivity contribution in [3.63, 3.8) is 0 Å². The Hall–Kier alpha value is -1.23. The molecule has 2 aromatic rings. The quantitative estimate of drug-likeness (QED) is 0.658. The van der Waals surface area contributed by atoms with Gasteiger partial charge < -0.3 is 0 Å². The zero-order chi connectivity index (χ0) is 15.5. The summed E-state index contributed by atoms with van der Waals surface area (Å²) in [6, 6.07) is 8.84. The molecule has 1 aromatic heterocycles. The second kappa shape index (κ2) is 6.69. The summed E-state index contributed by atoms with van der Waals surface area (Å²) in [6.45, 7) is 8.68. The molecular formula is C17H25N3S. The monoisotopic (exact) mass is 303 g/mol. The highest BCUT2D eigenvalue weighted by molar-refractivity contribution is 7.09. The molecule has 1 heterocycles. The van der Waals surface area contributed by atoms with Gasteiger partial charge in [-0.3, -0.25) is 11.3 Å². The van der Waals surface area contributed by atoms with Gasteiger partial charge in [0.2, 0.25) is 0 Å². The van der Waals surface area contributed by atoms with E-state index in [1.807, 2.05) is 0 Å². The van der Waals surface area contributed by atoms with Crippen molar-refractivity contribution >= 4 is 11.3 Å². The van der Waals surface area contributed by atoms with Crippen molar-refractivity contribution in [2.24, 2.45) is 5.84 Å². The van der Waals surface area contributed by atoms with Gasteiger partial charge in [0.1, 0.15) is 0 Å². The highest BCUT2D eigenvalue weighted by atomic mass is 32.1. The van der Waals surface area contributed by atoms with Crippen molar-refractivity contribution in [2.45, 2.75) is 52.0 Å². The zero-order valence-electron chi connectivity index (χ0n) is 13.3. The highest BCUT2D eigenvalue weighted by Gasteiger charge is 2.19. The van der Waals surface area contributed by atoms with Crippen LogP contribution in [-0.2, 0) is 18.3 Å². The van der Waals surface area contributed by atoms with Gasteiger partial charge in [-0.2, -0.15) is 0 Å². The molecule has 0 aliphatic rings. The van der Waals surface area contributed by atoms with Crippen LogP contribution in [0.3, 0.4) is 0 Å². The van der Waals surface area contributed by atoms with E-state index in [0.29, 0.717) is 0 Å². The summed E-state index contributed by atoms with van der Waals surface area (Å²) in [5.41, 5.74) is 6.78. The Morgan fingerprint density at radius 1 is 1.19 bits per heavy atom. The number of nitrogens with zero attached hydrogens (tertiary/aromatic N) is 1. The first-order valence-electron chi connectivity index (χ1n) is 7.35. The summed E-state index contributed by atoms with van der Waals surface area (Å²) < 4.78 is 0. The Labute approximate surface area is 131 Å². The topological polar surface area (TPSA) is 50.9 Å². The molecule has 1 unspecified atom stereocenters. The number of aromatic nitrogens is 1. The van der Waals surface area contributed by atoms with Crippen LogP contribution in [0.1, 0.15) is 42.6 Å². The summed E-state index contributed by atoms with van der Waals surface area (Å²) in [6.07, 6.45) is 1.78. The molecule has 0 aliphatic carbocycles. The van der Waals surface area contributed by atoms with Crippen LogP contribution in [0.25, 0.3) is 0 Å². The van der Waals surface area contributed by atoms with E-state index in [-0.39, 0.29) is 11.5 Å². The van der Waals surface area contributed by atoms with E-state index in [4.69, 9.17) is 10.8 Å². The van der Waals surface area contributed by atoms with Crippen LogP contribution in [0.4, 0.5) is 0 Å². The number of hydrazine groups is 1. The lowest BCUT2D eigenvalue weighted by Crippen LogP contribution is -2.38. The molecular weight excluding hydrogens is 278 g/mol. The molecule has 1 aromatic carbocycles. The number of nitrogens with two attached hydrogens (primary N) is 1. The van der Waals surface area contributed by atoms with Crippen molar-refractivity contribution in [1.29, 1.82) is 0 Å². The Morgan fingerprint density at radius 2 is 1.86 bits per heavy atom. The summed E-state index contributed by atoms with van der Waals surface area (Å²) >= 11 is 1.73. The smallest absolute Gasteiger partial charge is 0.0944 e. The van der Waals surface area contributed by atoms with E-state index < -0.39 is 0 Å². The van der Waals surface area contributed by atoms with Crippen LogP contribution >= 0.6 is 11.3 Å². The number of rotatable bonds is 5. The molecule has 0 saturated heterocycles. The van der Waals surface area contributed by atoms with Crippen LogP contribution in [0.2, 0.25) is 0 Å². The van der Waals surface area contributed by atoms with Gasteiger partial charge in [-0.1, -0.05) is 50.6 Å². The Kier molecular flexibility index (Phi) is 5.14. The molecule has 0 radical (unpaired) electrons. The molecule has 0 spiro atoms. The molecule has 0 saturated carbocycles. The average Bonchev–Trinajstić information content (AvgIpc) is 2.89. The summed E-state index contributed by atoms with van der Waals surface area (Å²) in [7, 11) is 0. The molecule has 0 fully saturated rings. The maximum absolute atomic E-state index is 5.72. The second-order valence-corrected chi connectivity index (χ2v) is 7.58. The maximum atomic E-state index is 5.72. The molecule has 1 atom stereocenters. The first-order valence-corrected chi connectivity index (χ1v) is 8.23. The molecule has 3 N–H and O–H groups in total. The molecule has 3 nitrogen and oxygen atoms in total. The summed E-state index contributed by atoms with van der Waals surface area (Å²) in [5.74, 6) is 5.72. The van der Waals surface area contributed by atoms with Gasteiger partial charge in [0.05, 0.1) is 10.7 Å². The van der Waals surface area contributed by atoms with Gasteiger partial charge >= 0.3 is 0 Å². The minimum Gasteiger partial charge on any atom is -0.271 e. The first kappa shape index (κ1) is 16.1. The van der Waals surface area contributed by atoms with E-state index in [1.165, 1.54) is 11.1 Å². The fraction of sp³-hybridized carbons (Fsp3) is 0.471. The van der Waals surface area contributed by atoms with Crippen molar-refractivity contribution in [2.75, 3.05) is 0 Å². The lowest BCUT2D eigenvalue weighted by molar-refractivity contribution is 0.517. The third-order valence-corrected chi connectivity index (χ3v) is 4.45. The van der Waals surface area contributed by atoms with Crippen LogP contribution < -0.4 is 11.3 Å². The van der Waals surface area contributed by atoms with Gasteiger partial charge in [0.15, 0.2) is 0 Å². The normalized spacial score (nSPS) is 13.4. The molecule has 0 bridgehead atoms. The number of nitrogens with one attached hydrogen (secondary N) is 1. The van der Waals surface area contributed by atoms with Crippen molar-refractivity contribution in [3.8, 4) is 0 Å². The standard InChI is InChI=1S/C17H25N3S/c1-12-5-7-13(8-6-12)9-14(20-18)10-16-19-15(11-21-16)17(2,3)4/h5-8,11,14,20H,9-10,18H2,1-4H3. The Bertz CT molecular complexity index is 566. The third kappa shape index (κ3) is 4.63. The van der Waals surface area contributed by atoms with E-state index in [1.54, 1.807) is 11.3 Å². The predicted octanol–water partition coefficient (Wildman–Crippen LogP) is 3.37. The number of aryl methyl sites for hydroxylation is 1. The lowest BCUT2D eigenvalue weighted by atomic mass is 9.93. The number of benzene rings is 1. The van der Waals surface area contributed by atoms with Crippen LogP contribution in [0, 0.1) is 6.92 Å². The highest BCUT2D eigenvalue weighted by Crippen LogP contribution is 2.24. The molecule has 0 amide bonds. The van der Waals surface area contributed by atoms with Crippen LogP contribution in [-0.4, -0.2) is 11.0 Å². The minimum absolute atomic E-state index is 0.108. The number of thiazole rings is 1. The largest absolute Gasteiger partial charge is 0.271 e. The fourth-order valence-corrected chi connectivity index (χ4v) is 3.26. The first-order chi connectivity index (χ1) is 9.88. The van der Waals surface area contributed by atoms with Gasteiger partial charge in [0, 0.05) is 23.3 Å².